The van der Waals surface area contributed by atoms with Crippen LogP contribution < -0.4 is 5.32 Å². The van der Waals surface area contributed by atoms with Gasteiger partial charge in [-0.2, -0.15) is 0 Å². The summed E-state index contributed by atoms with van der Waals surface area (Å²) in [6.07, 6.45) is 6.80. The van der Waals surface area contributed by atoms with Crippen LogP contribution in [0.15, 0.2) is 90.3 Å². The standard InChI is InChI=1S/C25H21FN4O2S/c1-27-13-17-11-25(21-7-2-3-8-23(21)26)30(16-17)33(31,32)19-6-4-5-18(12-19)22-14-28-15-24-20(22)9-10-29-24/h2-12,14-16,27,29H,13H2,1H3. The molecule has 0 atom stereocenters. The predicted octanol–water partition coefficient (Wildman–Crippen LogP) is 4.79. The average Bonchev–Trinajstić information content (AvgIpc) is 3.47. The Kier molecular flexibility index (Phi) is 5.32. The molecule has 0 aliphatic rings. The molecule has 0 spiro atoms. The summed E-state index contributed by atoms with van der Waals surface area (Å²) in [5, 5.41) is 3.96. The van der Waals surface area contributed by atoms with Gasteiger partial charge >= 0.3 is 0 Å². The fourth-order valence-electron chi connectivity index (χ4n) is 4.01. The Morgan fingerprint density at radius 3 is 2.70 bits per heavy atom. The number of nitrogens with zero attached hydrogens (tertiary/aromatic N) is 2. The van der Waals surface area contributed by atoms with Gasteiger partial charge in [-0.3, -0.25) is 4.98 Å². The van der Waals surface area contributed by atoms with Gasteiger partial charge in [-0.1, -0.05) is 24.3 Å². The molecule has 166 valence electrons. The zero-order valence-corrected chi connectivity index (χ0v) is 18.6. The Bertz CT molecular complexity index is 1570. The van der Waals surface area contributed by atoms with Gasteiger partial charge in [0, 0.05) is 41.6 Å². The average molecular weight is 461 g/mol. The molecule has 5 aromatic rings. The first-order valence-corrected chi connectivity index (χ1v) is 11.8. The van der Waals surface area contributed by atoms with Gasteiger partial charge in [0.05, 0.1) is 22.3 Å². The van der Waals surface area contributed by atoms with E-state index in [1.165, 1.54) is 12.3 Å². The van der Waals surface area contributed by atoms with Crippen molar-refractivity contribution >= 4 is 20.9 Å². The molecule has 0 bridgehead atoms. The highest BCUT2D eigenvalue weighted by molar-refractivity contribution is 7.90. The number of hydrogen-bond acceptors (Lipinski definition) is 4. The number of H-pyrrole nitrogens is 1. The van der Waals surface area contributed by atoms with E-state index in [4.69, 9.17) is 0 Å². The fraction of sp³-hybridized carbons (Fsp3) is 0.0800. The maximum atomic E-state index is 14.6. The normalized spacial score (nSPS) is 11.8. The van der Waals surface area contributed by atoms with Crippen LogP contribution in [0.3, 0.4) is 0 Å². The van der Waals surface area contributed by atoms with Crippen molar-refractivity contribution < 1.29 is 12.8 Å². The minimum Gasteiger partial charge on any atom is -0.360 e. The van der Waals surface area contributed by atoms with Crippen LogP contribution in [-0.2, 0) is 16.6 Å². The van der Waals surface area contributed by atoms with Crippen LogP contribution in [0.5, 0.6) is 0 Å². The van der Waals surface area contributed by atoms with Crippen LogP contribution in [0, 0.1) is 5.82 Å². The molecule has 8 heteroatoms. The first-order chi connectivity index (χ1) is 16.0. The van der Waals surface area contributed by atoms with E-state index < -0.39 is 15.8 Å². The van der Waals surface area contributed by atoms with Crippen molar-refractivity contribution in [2.75, 3.05) is 7.05 Å². The lowest BCUT2D eigenvalue weighted by molar-refractivity contribution is 0.587. The Balaban J connectivity index is 1.66. The van der Waals surface area contributed by atoms with Crippen molar-refractivity contribution in [3.8, 4) is 22.4 Å². The number of benzene rings is 2. The van der Waals surface area contributed by atoms with Gasteiger partial charge < -0.3 is 10.3 Å². The van der Waals surface area contributed by atoms with Gasteiger partial charge in [-0.15, -0.1) is 0 Å². The zero-order chi connectivity index (χ0) is 23.0. The van der Waals surface area contributed by atoms with E-state index in [9.17, 15) is 12.8 Å². The molecular formula is C25H21FN4O2S. The topological polar surface area (TPSA) is 79.8 Å². The van der Waals surface area contributed by atoms with E-state index >= 15 is 0 Å². The SMILES string of the molecule is CNCc1cc(-c2ccccc2F)n(S(=O)(=O)c2cccc(-c3cncc4[nH]ccc34)c2)c1. The van der Waals surface area contributed by atoms with E-state index in [2.05, 4.69) is 15.3 Å². The summed E-state index contributed by atoms with van der Waals surface area (Å²) in [7, 11) is -2.24. The lowest BCUT2D eigenvalue weighted by Crippen LogP contribution is -2.14. The van der Waals surface area contributed by atoms with Crippen LogP contribution >= 0.6 is 0 Å². The van der Waals surface area contributed by atoms with Gasteiger partial charge in [0.25, 0.3) is 10.0 Å². The van der Waals surface area contributed by atoms with Crippen LogP contribution in [0.25, 0.3) is 33.3 Å². The number of pyridine rings is 1. The summed E-state index contributed by atoms with van der Waals surface area (Å²) >= 11 is 0. The molecule has 33 heavy (non-hydrogen) atoms. The number of rotatable bonds is 6. The highest BCUT2D eigenvalue weighted by atomic mass is 32.2. The largest absolute Gasteiger partial charge is 0.360 e. The Hall–Kier alpha value is -3.75. The number of halogens is 1. The monoisotopic (exact) mass is 460 g/mol. The highest BCUT2D eigenvalue weighted by Crippen LogP contribution is 2.32. The summed E-state index contributed by atoms with van der Waals surface area (Å²) in [6.45, 7) is 0.450. The zero-order valence-electron chi connectivity index (χ0n) is 17.8. The van der Waals surface area contributed by atoms with Gasteiger partial charge in [0.15, 0.2) is 0 Å². The molecule has 2 aromatic carbocycles. The minimum atomic E-state index is -4.01. The molecule has 6 nitrogen and oxygen atoms in total. The summed E-state index contributed by atoms with van der Waals surface area (Å²) in [5.74, 6) is -0.484. The summed E-state index contributed by atoms with van der Waals surface area (Å²) in [5.41, 5.74) is 3.65. The number of aromatic nitrogens is 3. The molecule has 0 unspecified atom stereocenters. The molecule has 0 aliphatic heterocycles. The lowest BCUT2D eigenvalue weighted by Gasteiger charge is -2.12. The van der Waals surface area contributed by atoms with E-state index in [1.807, 2.05) is 18.3 Å². The van der Waals surface area contributed by atoms with Gasteiger partial charge in [-0.25, -0.2) is 16.8 Å². The molecule has 0 aliphatic carbocycles. The van der Waals surface area contributed by atoms with Crippen molar-refractivity contribution in [1.29, 1.82) is 0 Å². The Morgan fingerprint density at radius 1 is 1.03 bits per heavy atom. The number of nitrogens with one attached hydrogen (secondary N) is 2. The maximum Gasteiger partial charge on any atom is 0.268 e. The second-order valence-corrected chi connectivity index (χ2v) is 9.51. The van der Waals surface area contributed by atoms with Gasteiger partial charge in [0.2, 0.25) is 0 Å². The van der Waals surface area contributed by atoms with Gasteiger partial charge in [-0.05, 0) is 54.6 Å². The predicted molar refractivity (Wildman–Crippen MR) is 127 cm³/mol. The third-order valence-corrected chi connectivity index (χ3v) is 7.22. The smallest absolute Gasteiger partial charge is 0.268 e. The van der Waals surface area contributed by atoms with Crippen molar-refractivity contribution in [3.05, 3.63) is 96.8 Å². The van der Waals surface area contributed by atoms with Crippen LogP contribution in [0.2, 0.25) is 0 Å². The van der Waals surface area contributed by atoms with E-state index in [1.54, 1.807) is 61.9 Å². The molecule has 2 N–H and O–H groups in total. The van der Waals surface area contributed by atoms with Crippen LogP contribution in [-0.4, -0.2) is 29.4 Å². The Labute approximate surface area is 190 Å². The molecule has 0 saturated carbocycles. The molecule has 5 rings (SSSR count). The second kappa shape index (κ2) is 8.31. The second-order valence-electron chi connectivity index (χ2n) is 7.70. The number of aromatic amines is 1. The van der Waals surface area contributed by atoms with E-state index in [0.29, 0.717) is 6.54 Å². The lowest BCUT2D eigenvalue weighted by atomic mass is 10.0. The van der Waals surface area contributed by atoms with Crippen molar-refractivity contribution in [1.82, 2.24) is 19.3 Å². The Morgan fingerprint density at radius 2 is 1.88 bits per heavy atom. The summed E-state index contributed by atoms with van der Waals surface area (Å²) < 4.78 is 43.3. The molecule has 0 saturated heterocycles. The molecular weight excluding hydrogens is 439 g/mol. The highest BCUT2D eigenvalue weighted by Gasteiger charge is 2.24. The maximum absolute atomic E-state index is 14.6. The fourth-order valence-corrected chi connectivity index (χ4v) is 5.45. The molecule has 0 fully saturated rings. The first kappa shape index (κ1) is 21.1. The molecule has 3 aromatic heterocycles. The van der Waals surface area contributed by atoms with Crippen LogP contribution in [0.4, 0.5) is 4.39 Å². The summed E-state index contributed by atoms with van der Waals surface area (Å²) in [4.78, 5) is 7.49. The minimum absolute atomic E-state index is 0.108. The molecule has 0 amide bonds. The third kappa shape index (κ3) is 3.73. The quantitative estimate of drug-likeness (QED) is 0.382. The molecule has 0 radical (unpaired) electrons. The van der Waals surface area contributed by atoms with Crippen LogP contribution in [0.1, 0.15) is 5.56 Å². The van der Waals surface area contributed by atoms with E-state index in [0.717, 1.165) is 31.6 Å². The van der Waals surface area contributed by atoms with Crippen molar-refractivity contribution in [2.45, 2.75) is 11.4 Å². The number of fused-ring (bicyclic) bond motifs is 1. The molecule has 3 heterocycles. The van der Waals surface area contributed by atoms with E-state index in [-0.39, 0.29) is 16.2 Å². The summed E-state index contributed by atoms with van der Waals surface area (Å²) in [6, 6.07) is 16.5. The third-order valence-electron chi connectivity index (χ3n) is 5.55. The van der Waals surface area contributed by atoms with Gasteiger partial charge in [0.1, 0.15) is 5.82 Å². The first-order valence-electron chi connectivity index (χ1n) is 10.4. The van der Waals surface area contributed by atoms with Crippen molar-refractivity contribution in [3.63, 3.8) is 0 Å². The number of hydrogen-bond donors (Lipinski definition) is 2. The van der Waals surface area contributed by atoms with Crippen molar-refractivity contribution in [2.24, 2.45) is 0 Å².